The average molecular weight is 332 g/mol. The molecule has 3 rings (SSSR count). The monoisotopic (exact) mass is 332 g/mol. The van der Waals surface area contributed by atoms with E-state index in [2.05, 4.69) is 11.9 Å². The summed E-state index contributed by atoms with van der Waals surface area (Å²) in [4.78, 5) is 18.8. The molecule has 3 heterocycles. The van der Waals surface area contributed by atoms with Gasteiger partial charge in [0, 0.05) is 19.7 Å². The number of aryl methyl sites for hydroxylation is 1. The van der Waals surface area contributed by atoms with Crippen molar-refractivity contribution in [3.8, 4) is 11.7 Å². The predicted molar refractivity (Wildman–Crippen MR) is 88.3 cm³/mol. The van der Waals surface area contributed by atoms with Crippen molar-refractivity contribution in [2.75, 3.05) is 19.7 Å². The Bertz CT molecular complexity index is 676. The van der Waals surface area contributed by atoms with Gasteiger partial charge in [0.15, 0.2) is 5.76 Å². The first kappa shape index (κ1) is 16.8. The second kappa shape index (κ2) is 6.81. The van der Waals surface area contributed by atoms with Crippen molar-refractivity contribution in [1.82, 2.24) is 9.88 Å². The van der Waals surface area contributed by atoms with Crippen LogP contribution in [0, 0.1) is 12.3 Å². The van der Waals surface area contributed by atoms with Crippen LogP contribution in [0.15, 0.2) is 27.2 Å². The van der Waals surface area contributed by atoms with Crippen LogP contribution in [0.5, 0.6) is 0 Å². The lowest BCUT2D eigenvalue weighted by Crippen LogP contribution is -2.45. The summed E-state index contributed by atoms with van der Waals surface area (Å²) in [5, 5.41) is 9.60. The molecule has 0 radical (unpaired) electrons. The zero-order chi connectivity index (χ0) is 17.2. The summed E-state index contributed by atoms with van der Waals surface area (Å²) in [6, 6.07) is 3.55. The van der Waals surface area contributed by atoms with Crippen molar-refractivity contribution < 1.29 is 18.7 Å². The van der Waals surface area contributed by atoms with Crippen molar-refractivity contribution in [3.05, 3.63) is 29.9 Å². The summed E-state index contributed by atoms with van der Waals surface area (Å²) in [5.41, 5.74) is 0.633. The molecular weight excluding hydrogens is 308 g/mol. The summed E-state index contributed by atoms with van der Waals surface area (Å²) in [6.07, 6.45) is 4.44. The molecule has 6 heteroatoms. The van der Waals surface area contributed by atoms with E-state index in [1.807, 2.05) is 11.8 Å². The number of aliphatic hydroxyl groups is 1. The predicted octanol–water partition coefficient (Wildman–Crippen LogP) is 2.80. The minimum Gasteiger partial charge on any atom is -0.459 e. The van der Waals surface area contributed by atoms with Gasteiger partial charge >= 0.3 is 0 Å². The van der Waals surface area contributed by atoms with Crippen molar-refractivity contribution in [1.29, 1.82) is 0 Å². The lowest BCUT2D eigenvalue weighted by atomic mass is 9.77. The van der Waals surface area contributed by atoms with E-state index >= 15 is 0 Å². The molecule has 2 aromatic rings. The topological polar surface area (TPSA) is 79.7 Å². The molecule has 1 N–H and O–H groups in total. The van der Waals surface area contributed by atoms with E-state index in [1.54, 1.807) is 18.4 Å². The Hall–Kier alpha value is -2.08. The SMILES string of the molecule is CCC1(CO)CCN(C(=O)Cc2nc(-c3ccco3)oc2C)CC1. The molecule has 24 heavy (non-hydrogen) atoms. The lowest BCUT2D eigenvalue weighted by Gasteiger charge is -2.40. The highest BCUT2D eigenvalue weighted by molar-refractivity contribution is 5.78. The fraction of sp³-hybridized carbons (Fsp3) is 0.556. The average Bonchev–Trinajstić information content (AvgIpc) is 3.25. The van der Waals surface area contributed by atoms with Gasteiger partial charge in [-0.1, -0.05) is 6.92 Å². The number of aliphatic hydroxyl groups excluding tert-OH is 1. The van der Waals surface area contributed by atoms with Crippen LogP contribution >= 0.6 is 0 Å². The Kier molecular flexibility index (Phi) is 4.76. The zero-order valence-corrected chi connectivity index (χ0v) is 14.2. The Morgan fingerprint density at radius 2 is 2.17 bits per heavy atom. The number of carbonyl (C=O) groups excluding carboxylic acids is 1. The maximum absolute atomic E-state index is 12.6. The van der Waals surface area contributed by atoms with Gasteiger partial charge in [0.1, 0.15) is 5.76 Å². The van der Waals surface area contributed by atoms with Crippen molar-refractivity contribution >= 4 is 5.91 Å². The highest BCUT2D eigenvalue weighted by atomic mass is 16.4. The van der Waals surface area contributed by atoms with E-state index in [4.69, 9.17) is 8.83 Å². The summed E-state index contributed by atoms with van der Waals surface area (Å²) in [6.45, 7) is 5.49. The number of amides is 1. The van der Waals surface area contributed by atoms with Gasteiger partial charge in [0.05, 0.1) is 18.4 Å². The van der Waals surface area contributed by atoms with Gasteiger partial charge in [-0.05, 0) is 43.7 Å². The number of nitrogens with zero attached hydrogens (tertiary/aromatic N) is 2. The molecular formula is C18H24N2O4. The van der Waals surface area contributed by atoms with E-state index in [0.29, 0.717) is 36.2 Å². The molecule has 130 valence electrons. The van der Waals surface area contributed by atoms with Gasteiger partial charge in [0.2, 0.25) is 5.91 Å². The minimum absolute atomic E-state index is 0.0208. The van der Waals surface area contributed by atoms with E-state index < -0.39 is 0 Å². The fourth-order valence-electron chi connectivity index (χ4n) is 3.21. The van der Waals surface area contributed by atoms with Crippen LogP contribution in [0.1, 0.15) is 37.6 Å². The van der Waals surface area contributed by atoms with Gasteiger partial charge in [-0.2, -0.15) is 0 Å². The number of carbonyl (C=O) groups is 1. The number of oxazole rings is 1. The highest BCUT2D eigenvalue weighted by Gasteiger charge is 2.34. The standard InChI is InChI=1S/C18H24N2O4/c1-3-18(12-21)6-8-20(9-7-18)16(22)11-14-13(2)24-17(19-14)15-5-4-10-23-15/h4-5,10,21H,3,6-9,11-12H2,1-2H3. The smallest absolute Gasteiger partial charge is 0.263 e. The molecule has 0 aliphatic carbocycles. The van der Waals surface area contributed by atoms with Gasteiger partial charge in [0.25, 0.3) is 5.89 Å². The second-order valence-corrected chi connectivity index (χ2v) is 6.57. The first-order valence-corrected chi connectivity index (χ1v) is 8.46. The summed E-state index contributed by atoms with van der Waals surface area (Å²) in [5.74, 6) is 1.67. The molecule has 6 nitrogen and oxygen atoms in total. The summed E-state index contributed by atoms with van der Waals surface area (Å²) < 4.78 is 10.9. The first-order valence-electron chi connectivity index (χ1n) is 8.46. The highest BCUT2D eigenvalue weighted by Crippen LogP contribution is 2.34. The molecule has 1 saturated heterocycles. The van der Waals surface area contributed by atoms with Crippen molar-refractivity contribution in [3.63, 3.8) is 0 Å². The van der Waals surface area contributed by atoms with E-state index in [-0.39, 0.29) is 24.3 Å². The van der Waals surface area contributed by atoms with Gasteiger partial charge in [-0.3, -0.25) is 4.79 Å². The quantitative estimate of drug-likeness (QED) is 0.911. The number of rotatable bonds is 5. The Balaban J connectivity index is 1.64. The Labute approximate surface area is 141 Å². The molecule has 1 amide bonds. The normalized spacial score (nSPS) is 17.2. The van der Waals surface area contributed by atoms with Gasteiger partial charge < -0.3 is 18.8 Å². The number of aromatic nitrogens is 1. The van der Waals surface area contributed by atoms with Crippen molar-refractivity contribution in [2.45, 2.75) is 39.5 Å². The Morgan fingerprint density at radius 3 is 2.75 bits per heavy atom. The second-order valence-electron chi connectivity index (χ2n) is 6.57. The van der Waals surface area contributed by atoms with Gasteiger partial charge in [-0.15, -0.1) is 0 Å². The maximum atomic E-state index is 12.6. The number of likely N-dealkylation sites (tertiary alicyclic amines) is 1. The van der Waals surface area contributed by atoms with E-state index in [1.165, 1.54) is 0 Å². The summed E-state index contributed by atoms with van der Waals surface area (Å²) in [7, 11) is 0. The van der Waals surface area contributed by atoms with Crippen LogP contribution in [-0.2, 0) is 11.2 Å². The van der Waals surface area contributed by atoms with Crippen LogP contribution in [0.25, 0.3) is 11.7 Å². The molecule has 0 saturated carbocycles. The van der Waals surface area contributed by atoms with Crippen LogP contribution in [0.2, 0.25) is 0 Å². The molecule has 1 fully saturated rings. The van der Waals surface area contributed by atoms with Crippen LogP contribution in [-0.4, -0.2) is 40.6 Å². The zero-order valence-electron chi connectivity index (χ0n) is 14.2. The van der Waals surface area contributed by atoms with E-state index in [9.17, 15) is 9.90 Å². The largest absolute Gasteiger partial charge is 0.459 e. The minimum atomic E-state index is -0.0208. The number of furan rings is 1. The molecule has 1 aliphatic heterocycles. The van der Waals surface area contributed by atoms with Crippen molar-refractivity contribution in [2.24, 2.45) is 5.41 Å². The molecule has 2 aromatic heterocycles. The van der Waals surface area contributed by atoms with Gasteiger partial charge in [-0.25, -0.2) is 4.98 Å². The molecule has 0 bridgehead atoms. The lowest BCUT2D eigenvalue weighted by molar-refractivity contribution is -0.133. The van der Waals surface area contributed by atoms with Crippen LogP contribution in [0.4, 0.5) is 0 Å². The maximum Gasteiger partial charge on any atom is 0.263 e. The molecule has 0 aromatic carbocycles. The Morgan fingerprint density at radius 1 is 1.42 bits per heavy atom. The third kappa shape index (κ3) is 3.24. The summed E-state index contributed by atoms with van der Waals surface area (Å²) >= 11 is 0. The van der Waals surface area contributed by atoms with Crippen LogP contribution < -0.4 is 0 Å². The molecule has 0 spiro atoms. The van der Waals surface area contributed by atoms with E-state index in [0.717, 1.165) is 19.3 Å². The third-order valence-corrected chi connectivity index (χ3v) is 5.21. The first-order chi connectivity index (χ1) is 11.6. The molecule has 1 aliphatic rings. The number of piperidine rings is 1. The number of hydrogen-bond donors (Lipinski definition) is 1. The number of hydrogen-bond acceptors (Lipinski definition) is 5. The molecule has 0 atom stereocenters. The fourth-order valence-corrected chi connectivity index (χ4v) is 3.21. The van der Waals surface area contributed by atoms with Crippen LogP contribution in [0.3, 0.4) is 0 Å². The molecule has 0 unspecified atom stereocenters. The third-order valence-electron chi connectivity index (χ3n) is 5.21.